The van der Waals surface area contributed by atoms with Crippen LogP contribution in [0.1, 0.15) is 49.3 Å². The first kappa shape index (κ1) is 12.0. The molecular weight excluding hydrogens is 222 g/mol. The molecule has 0 radical (unpaired) electrons. The van der Waals surface area contributed by atoms with Crippen LogP contribution in [0.4, 0.5) is 0 Å². The van der Waals surface area contributed by atoms with Gasteiger partial charge in [-0.3, -0.25) is 4.90 Å². The van der Waals surface area contributed by atoms with Crippen LogP contribution >= 0.6 is 0 Å². The molecule has 2 heteroatoms. The lowest BCUT2D eigenvalue weighted by Crippen LogP contribution is -2.28. The van der Waals surface area contributed by atoms with Crippen molar-refractivity contribution in [1.29, 1.82) is 0 Å². The van der Waals surface area contributed by atoms with Crippen LogP contribution in [0.2, 0.25) is 0 Å². The second-order valence-corrected chi connectivity index (χ2v) is 6.03. The third-order valence-corrected chi connectivity index (χ3v) is 4.73. The maximum atomic E-state index is 9.54. The van der Waals surface area contributed by atoms with Gasteiger partial charge in [0.15, 0.2) is 0 Å². The van der Waals surface area contributed by atoms with Crippen LogP contribution in [0.3, 0.4) is 0 Å². The average Bonchev–Trinajstić information content (AvgIpc) is 2.97. The molecule has 0 bridgehead atoms. The smallest absolute Gasteiger partial charge is 0.115 e. The Labute approximate surface area is 110 Å². The van der Waals surface area contributed by atoms with Gasteiger partial charge in [-0.2, -0.15) is 0 Å². The molecule has 2 aliphatic rings. The average molecular weight is 245 g/mol. The zero-order chi connectivity index (χ0) is 12.5. The number of fused-ring (bicyclic) bond motifs is 1. The van der Waals surface area contributed by atoms with E-state index in [1.165, 1.54) is 49.8 Å². The van der Waals surface area contributed by atoms with E-state index in [1.54, 1.807) is 0 Å². The Morgan fingerprint density at radius 1 is 1.22 bits per heavy atom. The molecule has 1 aromatic rings. The van der Waals surface area contributed by atoms with Gasteiger partial charge in [0, 0.05) is 12.6 Å². The molecule has 3 rings (SSSR count). The van der Waals surface area contributed by atoms with Crippen molar-refractivity contribution in [2.24, 2.45) is 5.92 Å². The maximum Gasteiger partial charge on any atom is 0.115 e. The summed E-state index contributed by atoms with van der Waals surface area (Å²) >= 11 is 0. The van der Waals surface area contributed by atoms with Crippen LogP contribution in [-0.4, -0.2) is 23.6 Å². The third-order valence-electron chi connectivity index (χ3n) is 4.73. The Morgan fingerprint density at radius 3 is 2.78 bits per heavy atom. The molecule has 1 saturated carbocycles. The molecule has 0 saturated heterocycles. The van der Waals surface area contributed by atoms with Crippen LogP contribution < -0.4 is 0 Å². The van der Waals surface area contributed by atoms with E-state index in [1.807, 2.05) is 12.1 Å². The van der Waals surface area contributed by atoms with Gasteiger partial charge in [-0.1, -0.05) is 18.9 Å². The molecule has 1 atom stereocenters. The van der Waals surface area contributed by atoms with E-state index in [9.17, 15) is 5.11 Å². The number of benzene rings is 1. The number of aryl methyl sites for hydroxylation is 1. The Hall–Kier alpha value is -1.02. The highest BCUT2D eigenvalue weighted by Crippen LogP contribution is 2.38. The monoisotopic (exact) mass is 245 g/mol. The maximum absolute atomic E-state index is 9.54. The molecular formula is C16H23NO. The van der Waals surface area contributed by atoms with E-state index >= 15 is 0 Å². The number of nitrogens with zero attached hydrogens (tertiary/aromatic N) is 1. The molecule has 98 valence electrons. The molecule has 1 unspecified atom stereocenters. The van der Waals surface area contributed by atoms with Gasteiger partial charge in [-0.05, 0) is 61.9 Å². The van der Waals surface area contributed by atoms with Gasteiger partial charge in [0.2, 0.25) is 0 Å². The van der Waals surface area contributed by atoms with Gasteiger partial charge in [0.05, 0.1) is 0 Å². The van der Waals surface area contributed by atoms with Crippen molar-refractivity contribution in [1.82, 2.24) is 4.90 Å². The van der Waals surface area contributed by atoms with Crippen LogP contribution in [0.5, 0.6) is 5.75 Å². The van der Waals surface area contributed by atoms with E-state index in [0.717, 1.165) is 12.3 Å². The van der Waals surface area contributed by atoms with E-state index in [0.29, 0.717) is 11.8 Å². The number of rotatable bonds is 3. The normalized spacial score (nSPS) is 23.8. The van der Waals surface area contributed by atoms with Crippen molar-refractivity contribution in [2.75, 3.05) is 13.6 Å². The van der Waals surface area contributed by atoms with Crippen LogP contribution in [-0.2, 0) is 6.42 Å². The van der Waals surface area contributed by atoms with Crippen LogP contribution in [0.25, 0.3) is 0 Å². The Balaban J connectivity index is 1.70. The number of aromatic hydroxyl groups is 1. The fraction of sp³-hybridized carbons (Fsp3) is 0.625. The third kappa shape index (κ3) is 2.26. The van der Waals surface area contributed by atoms with Crippen molar-refractivity contribution in [3.05, 3.63) is 29.3 Å². The van der Waals surface area contributed by atoms with E-state index < -0.39 is 0 Å². The standard InChI is InChI=1S/C16H23NO/c1-17(11-12-4-2-3-5-12)16-9-6-13-10-14(18)7-8-15(13)16/h7-8,10,12,16,18H,2-6,9,11H2,1H3. The van der Waals surface area contributed by atoms with E-state index in [4.69, 9.17) is 0 Å². The summed E-state index contributed by atoms with van der Waals surface area (Å²) in [7, 11) is 2.27. The van der Waals surface area contributed by atoms with Gasteiger partial charge in [-0.25, -0.2) is 0 Å². The molecule has 0 heterocycles. The Bertz CT molecular complexity index is 423. The van der Waals surface area contributed by atoms with Crippen LogP contribution in [0, 0.1) is 5.92 Å². The highest BCUT2D eigenvalue weighted by Gasteiger charge is 2.28. The molecule has 0 amide bonds. The summed E-state index contributed by atoms with van der Waals surface area (Å²) in [5.41, 5.74) is 2.78. The van der Waals surface area contributed by atoms with Gasteiger partial charge < -0.3 is 5.11 Å². The lowest BCUT2D eigenvalue weighted by Gasteiger charge is -2.28. The number of hydrogen-bond donors (Lipinski definition) is 1. The molecule has 2 aliphatic carbocycles. The van der Waals surface area contributed by atoms with Gasteiger partial charge >= 0.3 is 0 Å². The largest absolute Gasteiger partial charge is 0.508 e. The summed E-state index contributed by atoms with van der Waals surface area (Å²) in [5, 5.41) is 9.54. The van der Waals surface area contributed by atoms with Crippen molar-refractivity contribution in [3.63, 3.8) is 0 Å². The summed E-state index contributed by atoms with van der Waals surface area (Å²) in [4.78, 5) is 2.54. The van der Waals surface area contributed by atoms with Gasteiger partial charge in [0.1, 0.15) is 5.75 Å². The summed E-state index contributed by atoms with van der Waals surface area (Å²) in [6.45, 7) is 1.24. The minimum absolute atomic E-state index is 0.410. The first-order valence-electron chi connectivity index (χ1n) is 7.26. The van der Waals surface area contributed by atoms with Crippen molar-refractivity contribution >= 4 is 0 Å². The number of phenolic OH excluding ortho intramolecular Hbond substituents is 1. The topological polar surface area (TPSA) is 23.5 Å². The minimum atomic E-state index is 0.410. The SMILES string of the molecule is CN(CC1CCCC1)C1CCc2cc(O)ccc21. The lowest BCUT2D eigenvalue weighted by molar-refractivity contribution is 0.208. The molecule has 1 N–H and O–H groups in total. The zero-order valence-electron chi connectivity index (χ0n) is 11.2. The summed E-state index contributed by atoms with van der Waals surface area (Å²) in [6.07, 6.45) is 8.01. The van der Waals surface area contributed by atoms with Crippen LogP contribution in [0.15, 0.2) is 18.2 Å². The number of hydrogen-bond acceptors (Lipinski definition) is 2. The molecule has 18 heavy (non-hydrogen) atoms. The predicted molar refractivity (Wildman–Crippen MR) is 73.8 cm³/mol. The highest BCUT2D eigenvalue weighted by atomic mass is 16.3. The van der Waals surface area contributed by atoms with E-state index in [-0.39, 0.29) is 0 Å². The second-order valence-electron chi connectivity index (χ2n) is 6.03. The first-order chi connectivity index (χ1) is 8.74. The second kappa shape index (κ2) is 4.93. The molecule has 1 fully saturated rings. The molecule has 0 spiro atoms. The lowest BCUT2D eigenvalue weighted by atomic mass is 10.0. The Kier molecular flexibility index (Phi) is 3.29. The quantitative estimate of drug-likeness (QED) is 0.881. The fourth-order valence-corrected chi connectivity index (χ4v) is 3.77. The van der Waals surface area contributed by atoms with Gasteiger partial charge in [0.25, 0.3) is 0 Å². The van der Waals surface area contributed by atoms with E-state index in [2.05, 4.69) is 18.0 Å². The molecule has 2 nitrogen and oxygen atoms in total. The van der Waals surface area contributed by atoms with Crippen molar-refractivity contribution in [3.8, 4) is 5.75 Å². The fourth-order valence-electron chi connectivity index (χ4n) is 3.77. The number of phenols is 1. The van der Waals surface area contributed by atoms with Gasteiger partial charge in [-0.15, -0.1) is 0 Å². The molecule has 0 aromatic heterocycles. The highest BCUT2D eigenvalue weighted by molar-refractivity contribution is 5.40. The summed E-state index contributed by atoms with van der Waals surface area (Å²) in [6, 6.07) is 6.47. The zero-order valence-corrected chi connectivity index (χ0v) is 11.2. The first-order valence-corrected chi connectivity index (χ1v) is 7.26. The molecule has 0 aliphatic heterocycles. The van der Waals surface area contributed by atoms with Crippen molar-refractivity contribution in [2.45, 2.75) is 44.6 Å². The summed E-state index contributed by atoms with van der Waals surface area (Å²) in [5.74, 6) is 1.32. The predicted octanol–water partition coefficient (Wildman–Crippen LogP) is 3.50. The Morgan fingerprint density at radius 2 is 2.00 bits per heavy atom. The minimum Gasteiger partial charge on any atom is -0.508 e. The van der Waals surface area contributed by atoms with Crippen molar-refractivity contribution < 1.29 is 5.11 Å². The molecule has 1 aromatic carbocycles. The summed E-state index contributed by atoms with van der Waals surface area (Å²) < 4.78 is 0.